The van der Waals surface area contributed by atoms with Crippen molar-refractivity contribution in [1.82, 2.24) is 5.32 Å². The molecule has 0 aliphatic rings. The Morgan fingerprint density at radius 3 is 2.38 bits per heavy atom. The van der Waals surface area contributed by atoms with Gasteiger partial charge in [0, 0.05) is 12.2 Å². The summed E-state index contributed by atoms with van der Waals surface area (Å²) in [6, 6.07) is 15.8. The molecule has 2 amide bonds. The SMILES string of the molecule is CCc1ccc(CC)c(CNC(=O)Nc2ccccc2)c1. The molecule has 0 unspecified atom stereocenters. The van der Waals surface area contributed by atoms with Crippen molar-refractivity contribution < 1.29 is 4.79 Å². The smallest absolute Gasteiger partial charge is 0.319 e. The normalized spacial score (nSPS) is 10.2. The molecule has 3 heteroatoms. The van der Waals surface area contributed by atoms with E-state index in [0.29, 0.717) is 6.54 Å². The van der Waals surface area contributed by atoms with Crippen LogP contribution in [0, 0.1) is 0 Å². The van der Waals surface area contributed by atoms with E-state index >= 15 is 0 Å². The van der Waals surface area contributed by atoms with Crippen LogP contribution in [0.1, 0.15) is 30.5 Å². The molecule has 0 bridgehead atoms. The van der Waals surface area contributed by atoms with E-state index in [9.17, 15) is 4.79 Å². The van der Waals surface area contributed by atoms with Crippen molar-refractivity contribution in [3.8, 4) is 0 Å². The maximum absolute atomic E-state index is 11.9. The highest BCUT2D eigenvalue weighted by atomic mass is 16.2. The molecule has 0 heterocycles. The van der Waals surface area contributed by atoms with Crippen molar-refractivity contribution in [2.45, 2.75) is 33.2 Å². The molecular formula is C18H22N2O. The molecule has 0 spiro atoms. The molecule has 3 nitrogen and oxygen atoms in total. The van der Waals surface area contributed by atoms with Gasteiger partial charge in [0.15, 0.2) is 0 Å². The molecule has 0 radical (unpaired) electrons. The van der Waals surface area contributed by atoms with Gasteiger partial charge in [0.2, 0.25) is 0 Å². The fraction of sp³-hybridized carbons (Fsp3) is 0.278. The highest BCUT2D eigenvalue weighted by Crippen LogP contribution is 2.13. The van der Waals surface area contributed by atoms with Crippen molar-refractivity contribution in [1.29, 1.82) is 0 Å². The minimum absolute atomic E-state index is 0.176. The fourth-order valence-electron chi connectivity index (χ4n) is 2.28. The van der Waals surface area contributed by atoms with Crippen molar-refractivity contribution in [3.05, 3.63) is 65.2 Å². The first-order chi connectivity index (χ1) is 10.2. The number of para-hydroxylation sites is 1. The highest BCUT2D eigenvalue weighted by molar-refractivity contribution is 5.89. The second kappa shape index (κ2) is 7.48. The Labute approximate surface area is 126 Å². The molecule has 0 aliphatic carbocycles. The van der Waals surface area contributed by atoms with Crippen LogP contribution in [0.4, 0.5) is 10.5 Å². The molecule has 21 heavy (non-hydrogen) atoms. The van der Waals surface area contributed by atoms with Crippen LogP contribution in [0.2, 0.25) is 0 Å². The van der Waals surface area contributed by atoms with Gasteiger partial charge in [-0.3, -0.25) is 0 Å². The van der Waals surface area contributed by atoms with E-state index in [1.165, 1.54) is 16.7 Å². The number of hydrogen-bond acceptors (Lipinski definition) is 1. The molecule has 110 valence electrons. The summed E-state index contributed by atoms with van der Waals surface area (Å²) in [7, 11) is 0. The van der Waals surface area contributed by atoms with E-state index in [1.54, 1.807) is 0 Å². The van der Waals surface area contributed by atoms with E-state index in [4.69, 9.17) is 0 Å². The van der Waals surface area contributed by atoms with Crippen LogP contribution >= 0.6 is 0 Å². The van der Waals surface area contributed by atoms with Gasteiger partial charge in [0.05, 0.1) is 0 Å². The summed E-state index contributed by atoms with van der Waals surface area (Å²) in [5, 5.41) is 5.75. The number of amides is 2. The lowest BCUT2D eigenvalue weighted by atomic mass is 10.0. The Balaban J connectivity index is 1.97. The Bertz CT molecular complexity index is 593. The van der Waals surface area contributed by atoms with Gasteiger partial charge < -0.3 is 10.6 Å². The van der Waals surface area contributed by atoms with Gasteiger partial charge in [0.1, 0.15) is 0 Å². The summed E-state index contributed by atoms with van der Waals surface area (Å²) in [5.41, 5.74) is 4.58. The number of carbonyl (C=O) groups is 1. The largest absolute Gasteiger partial charge is 0.334 e. The number of hydrogen-bond donors (Lipinski definition) is 2. The zero-order chi connectivity index (χ0) is 15.1. The number of urea groups is 1. The van der Waals surface area contributed by atoms with Crippen molar-refractivity contribution in [2.75, 3.05) is 5.32 Å². The summed E-state index contributed by atoms with van der Waals surface area (Å²) >= 11 is 0. The van der Waals surface area contributed by atoms with E-state index in [0.717, 1.165) is 18.5 Å². The quantitative estimate of drug-likeness (QED) is 0.850. The molecule has 0 saturated carbocycles. The minimum atomic E-state index is -0.176. The molecular weight excluding hydrogens is 260 g/mol. The van der Waals surface area contributed by atoms with E-state index in [2.05, 4.69) is 42.7 Å². The summed E-state index contributed by atoms with van der Waals surface area (Å²) in [4.78, 5) is 11.9. The predicted molar refractivity (Wildman–Crippen MR) is 87.5 cm³/mol. The Hall–Kier alpha value is -2.29. The molecule has 2 rings (SSSR count). The summed E-state index contributed by atoms with van der Waals surface area (Å²) < 4.78 is 0. The van der Waals surface area contributed by atoms with Crippen molar-refractivity contribution in [3.63, 3.8) is 0 Å². The van der Waals surface area contributed by atoms with Crippen LogP contribution in [0.15, 0.2) is 48.5 Å². The van der Waals surface area contributed by atoms with Gasteiger partial charge in [-0.15, -0.1) is 0 Å². The van der Waals surface area contributed by atoms with E-state index in [-0.39, 0.29) is 6.03 Å². The van der Waals surface area contributed by atoms with Gasteiger partial charge in [-0.25, -0.2) is 4.79 Å². The van der Waals surface area contributed by atoms with Crippen LogP contribution in [-0.2, 0) is 19.4 Å². The molecule has 2 aromatic rings. The van der Waals surface area contributed by atoms with Crippen LogP contribution in [0.3, 0.4) is 0 Å². The third-order valence-electron chi connectivity index (χ3n) is 3.53. The first kappa shape index (κ1) is 15.1. The molecule has 0 saturated heterocycles. The van der Waals surface area contributed by atoms with E-state index < -0.39 is 0 Å². The van der Waals surface area contributed by atoms with Crippen molar-refractivity contribution in [2.24, 2.45) is 0 Å². The monoisotopic (exact) mass is 282 g/mol. The lowest BCUT2D eigenvalue weighted by Crippen LogP contribution is -2.28. The average molecular weight is 282 g/mol. The zero-order valence-electron chi connectivity index (χ0n) is 12.6. The van der Waals surface area contributed by atoms with Gasteiger partial charge in [-0.1, -0.05) is 50.2 Å². The minimum Gasteiger partial charge on any atom is -0.334 e. The first-order valence-electron chi connectivity index (χ1n) is 7.43. The van der Waals surface area contributed by atoms with Gasteiger partial charge in [-0.05, 0) is 41.7 Å². The standard InChI is InChI=1S/C18H22N2O/c1-3-14-10-11-15(4-2)16(12-14)13-19-18(21)20-17-8-6-5-7-9-17/h5-12H,3-4,13H2,1-2H3,(H2,19,20,21). The maximum atomic E-state index is 11.9. The second-order valence-corrected chi connectivity index (χ2v) is 4.98. The molecule has 0 aliphatic heterocycles. The van der Waals surface area contributed by atoms with Gasteiger partial charge in [0.25, 0.3) is 0 Å². The summed E-state index contributed by atoms with van der Waals surface area (Å²) in [6.07, 6.45) is 1.98. The molecule has 0 atom stereocenters. The topological polar surface area (TPSA) is 41.1 Å². The number of rotatable bonds is 5. The molecule has 2 aromatic carbocycles. The number of anilines is 1. The first-order valence-corrected chi connectivity index (χ1v) is 7.43. The summed E-state index contributed by atoms with van der Waals surface area (Å²) in [5.74, 6) is 0. The summed E-state index contributed by atoms with van der Waals surface area (Å²) in [6.45, 7) is 4.82. The lowest BCUT2D eigenvalue weighted by molar-refractivity contribution is 0.251. The zero-order valence-corrected chi connectivity index (χ0v) is 12.6. The van der Waals surface area contributed by atoms with Crippen molar-refractivity contribution >= 4 is 11.7 Å². The number of benzene rings is 2. The van der Waals surface area contributed by atoms with Crippen LogP contribution in [0.25, 0.3) is 0 Å². The van der Waals surface area contributed by atoms with Crippen LogP contribution in [0.5, 0.6) is 0 Å². The molecule has 0 fully saturated rings. The second-order valence-electron chi connectivity index (χ2n) is 4.98. The third kappa shape index (κ3) is 4.35. The highest BCUT2D eigenvalue weighted by Gasteiger charge is 2.05. The maximum Gasteiger partial charge on any atom is 0.319 e. The fourth-order valence-corrected chi connectivity index (χ4v) is 2.28. The van der Waals surface area contributed by atoms with Gasteiger partial charge in [-0.2, -0.15) is 0 Å². The van der Waals surface area contributed by atoms with Crippen LogP contribution < -0.4 is 10.6 Å². The van der Waals surface area contributed by atoms with Gasteiger partial charge >= 0.3 is 6.03 Å². The Kier molecular flexibility index (Phi) is 5.38. The predicted octanol–water partition coefficient (Wildman–Crippen LogP) is 4.13. The molecule has 0 aromatic heterocycles. The number of aryl methyl sites for hydroxylation is 2. The van der Waals surface area contributed by atoms with E-state index in [1.807, 2.05) is 30.3 Å². The number of nitrogens with one attached hydrogen (secondary N) is 2. The lowest BCUT2D eigenvalue weighted by Gasteiger charge is -2.12. The Morgan fingerprint density at radius 2 is 1.71 bits per heavy atom. The van der Waals surface area contributed by atoms with Crippen LogP contribution in [-0.4, -0.2) is 6.03 Å². The average Bonchev–Trinajstić information content (AvgIpc) is 2.53. The third-order valence-corrected chi connectivity index (χ3v) is 3.53. The molecule has 2 N–H and O–H groups in total. The Morgan fingerprint density at radius 1 is 0.952 bits per heavy atom. The number of carbonyl (C=O) groups excluding carboxylic acids is 1.